The third-order valence-electron chi connectivity index (χ3n) is 2.48. The normalized spacial score (nSPS) is 17.2. The van der Waals surface area contributed by atoms with Gasteiger partial charge in [-0.05, 0) is 31.3 Å². The molecular formula is C10H13BrN2. The topological polar surface area (TPSA) is 15.3 Å². The monoisotopic (exact) mass is 240 g/mol. The van der Waals surface area contributed by atoms with Crippen LogP contribution in [0.2, 0.25) is 0 Å². The highest BCUT2D eigenvalue weighted by molar-refractivity contribution is 9.10. The average Bonchev–Trinajstić information content (AvgIpc) is 2.06. The molecule has 0 amide bonds. The Morgan fingerprint density at radius 1 is 1.31 bits per heavy atom. The van der Waals surface area contributed by atoms with Crippen LogP contribution in [0, 0.1) is 0 Å². The lowest BCUT2D eigenvalue weighted by molar-refractivity contribution is 0.450. The van der Waals surface area contributed by atoms with E-state index in [9.17, 15) is 0 Å². The first-order chi connectivity index (χ1) is 6.29. The van der Waals surface area contributed by atoms with Crippen LogP contribution in [0.1, 0.15) is 0 Å². The zero-order valence-electron chi connectivity index (χ0n) is 7.63. The maximum Gasteiger partial charge on any atom is 0.0418 e. The number of anilines is 1. The average molecular weight is 241 g/mol. The van der Waals surface area contributed by atoms with Crippen molar-refractivity contribution in [2.24, 2.45) is 0 Å². The van der Waals surface area contributed by atoms with E-state index in [2.05, 4.69) is 50.4 Å². The molecule has 2 nitrogen and oxygen atoms in total. The fourth-order valence-electron chi connectivity index (χ4n) is 1.52. The summed E-state index contributed by atoms with van der Waals surface area (Å²) in [6.45, 7) is 2.25. The van der Waals surface area contributed by atoms with Crippen LogP contribution in [0.15, 0.2) is 28.7 Å². The molecule has 0 radical (unpaired) electrons. The summed E-state index contributed by atoms with van der Waals surface area (Å²) in [4.78, 5) is 2.37. The number of halogens is 1. The van der Waals surface area contributed by atoms with Gasteiger partial charge in [0.15, 0.2) is 0 Å². The van der Waals surface area contributed by atoms with Gasteiger partial charge in [0.05, 0.1) is 0 Å². The van der Waals surface area contributed by atoms with Crippen molar-refractivity contribution in [2.75, 3.05) is 25.0 Å². The third kappa shape index (κ3) is 1.86. The molecule has 1 heterocycles. The highest BCUT2D eigenvalue weighted by Gasteiger charge is 2.24. The molecule has 2 rings (SSSR count). The largest absolute Gasteiger partial charge is 0.368 e. The predicted octanol–water partition coefficient (Wildman–Crippen LogP) is 1.86. The first kappa shape index (κ1) is 9.03. The molecule has 0 atom stereocenters. The Bertz CT molecular complexity index is 277. The molecule has 0 bridgehead atoms. The summed E-state index contributed by atoms with van der Waals surface area (Å²) >= 11 is 3.43. The highest BCUT2D eigenvalue weighted by Crippen LogP contribution is 2.22. The first-order valence-corrected chi connectivity index (χ1v) is 5.26. The van der Waals surface area contributed by atoms with Crippen molar-refractivity contribution in [1.82, 2.24) is 5.32 Å². The Labute approximate surface area is 87.1 Å². The van der Waals surface area contributed by atoms with Crippen LogP contribution in [-0.2, 0) is 0 Å². The summed E-state index contributed by atoms with van der Waals surface area (Å²) in [5, 5.41) is 3.26. The molecule has 70 valence electrons. The van der Waals surface area contributed by atoms with Crippen molar-refractivity contribution in [2.45, 2.75) is 6.04 Å². The van der Waals surface area contributed by atoms with Crippen LogP contribution in [0.4, 0.5) is 5.69 Å². The number of benzene rings is 1. The van der Waals surface area contributed by atoms with Crippen molar-refractivity contribution in [3.63, 3.8) is 0 Å². The van der Waals surface area contributed by atoms with Crippen molar-refractivity contribution >= 4 is 21.6 Å². The van der Waals surface area contributed by atoms with Gasteiger partial charge in [0, 0.05) is 29.3 Å². The summed E-state index contributed by atoms with van der Waals surface area (Å²) in [6, 6.07) is 9.14. The van der Waals surface area contributed by atoms with Crippen LogP contribution in [-0.4, -0.2) is 26.2 Å². The van der Waals surface area contributed by atoms with Gasteiger partial charge in [-0.25, -0.2) is 0 Å². The van der Waals surface area contributed by atoms with E-state index in [-0.39, 0.29) is 0 Å². The molecule has 1 aromatic rings. The van der Waals surface area contributed by atoms with Crippen molar-refractivity contribution in [3.05, 3.63) is 28.7 Å². The van der Waals surface area contributed by atoms with Crippen LogP contribution in [0.5, 0.6) is 0 Å². The minimum absolute atomic E-state index is 0.670. The van der Waals surface area contributed by atoms with Crippen molar-refractivity contribution in [3.8, 4) is 0 Å². The lowest BCUT2D eigenvalue weighted by Gasteiger charge is -2.40. The van der Waals surface area contributed by atoms with Gasteiger partial charge < -0.3 is 10.2 Å². The molecule has 3 heteroatoms. The summed E-state index contributed by atoms with van der Waals surface area (Å²) in [5.41, 5.74) is 1.31. The van der Waals surface area contributed by atoms with E-state index in [1.54, 1.807) is 0 Å². The van der Waals surface area contributed by atoms with E-state index >= 15 is 0 Å². The Hall–Kier alpha value is -0.540. The Morgan fingerprint density at radius 2 is 1.92 bits per heavy atom. The molecule has 0 unspecified atom stereocenters. The van der Waals surface area contributed by atoms with E-state index < -0.39 is 0 Å². The number of nitrogens with zero attached hydrogens (tertiary/aromatic N) is 1. The number of hydrogen-bond donors (Lipinski definition) is 1. The second-order valence-corrected chi connectivity index (χ2v) is 4.28. The zero-order chi connectivity index (χ0) is 9.26. The smallest absolute Gasteiger partial charge is 0.0418 e. The quantitative estimate of drug-likeness (QED) is 0.850. The fraction of sp³-hybridized carbons (Fsp3) is 0.400. The van der Waals surface area contributed by atoms with Crippen LogP contribution < -0.4 is 10.2 Å². The van der Waals surface area contributed by atoms with Gasteiger partial charge in [0.25, 0.3) is 0 Å². The molecule has 13 heavy (non-hydrogen) atoms. The van der Waals surface area contributed by atoms with Gasteiger partial charge in [-0.3, -0.25) is 0 Å². The molecule has 0 aromatic heterocycles. The highest BCUT2D eigenvalue weighted by atomic mass is 79.9. The van der Waals surface area contributed by atoms with E-state index in [1.165, 1.54) is 5.69 Å². The Balaban J connectivity index is 1.99. The summed E-state index contributed by atoms with van der Waals surface area (Å²) in [5.74, 6) is 0. The van der Waals surface area contributed by atoms with Gasteiger partial charge in [0.1, 0.15) is 0 Å². The molecule has 1 N–H and O–H groups in total. The third-order valence-corrected chi connectivity index (χ3v) is 3.01. The van der Waals surface area contributed by atoms with Crippen molar-refractivity contribution in [1.29, 1.82) is 0 Å². The van der Waals surface area contributed by atoms with Gasteiger partial charge in [-0.15, -0.1) is 0 Å². The minimum atomic E-state index is 0.670. The molecule has 1 aliphatic heterocycles. The Kier molecular flexibility index (Phi) is 2.56. The maximum atomic E-state index is 3.43. The van der Waals surface area contributed by atoms with Gasteiger partial charge >= 0.3 is 0 Å². The lowest BCUT2D eigenvalue weighted by Crippen LogP contribution is -2.57. The van der Waals surface area contributed by atoms with Gasteiger partial charge in [-0.1, -0.05) is 15.9 Å². The number of hydrogen-bond acceptors (Lipinski definition) is 2. The van der Waals surface area contributed by atoms with E-state index in [1.807, 2.05) is 7.05 Å². The number of rotatable bonds is 2. The lowest BCUT2D eigenvalue weighted by atomic mass is 10.1. The van der Waals surface area contributed by atoms with Crippen LogP contribution in [0.3, 0.4) is 0 Å². The van der Waals surface area contributed by atoms with E-state index in [4.69, 9.17) is 0 Å². The first-order valence-electron chi connectivity index (χ1n) is 4.47. The molecule has 1 saturated heterocycles. The Morgan fingerprint density at radius 3 is 2.46 bits per heavy atom. The maximum absolute atomic E-state index is 3.43. The molecule has 1 aliphatic rings. The molecular weight excluding hydrogens is 228 g/mol. The van der Waals surface area contributed by atoms with Crippen LogP contribution in [0.25, 0.3) is 0 Å². The zero-order valence-corrected chi connectivity index (χ0v) is 9.21. The molecule has 0 spiro atoms. The van der Waals surface area contributed by atoms with E-state index in [0.29, 0.717) is 6.04 Å². The fourth-order valence-corrected chi connectivity index (χ4v) is 1.79. The summed E-state index contributed by atoms with van der Waals surface area (Å²) in [7, 11) is 2.02. The molecule has 0 aliphatic carbocycles. The van der Waals surface area contributed by atoms with E-state index in [0.717, 1.165) is 17.6 Å². The standard InChI is InChI=1S/C10H13BrN2/c1-12-9-6-13(7-9)10-4-2-8(11)3-5-10/h2-5,9,12H,6-7H2,1H3. The molecule has 1 fully saturated rings. The predicted molar refractivity (Wildman–Crippen MR) is 59.2 cm³/mol. The summed E-state index contributed by atoms with van der Waals surface area (Å²) < 4.78 is 1.14. The SMILES string of the molecule is CNC1CN(c2ccc(Br)cc2)C1. The molecule has 0 saturated carbocycles. The second kappa shape index (κ2) is 3.68. The minimum Gasteiger partial charge on any atom is -0.368 e. The number of likely N-dealkylation sites (N-methyl/N-ethyl adjacent to an activating group) is 1. The van der Waals surface area contributed by atoms with Gasteiger partial charge in [0.2, 0.25) is 0 Å². The molecule has 1 aromatic carbocycles. The summed E-state index contributed by atoms with van der Waals surface area (Å²) in [6.07, 6.45) is 0. The second-order valence-electron chi connectivity index (χ2n) is 3.37. The number of nitrogens with one attached hydrogen (secondary N) is 1. The van der Waals surface area contributed by atoms with Gasteiger partial charge in [-0.2, -0.15) is 0 Å². The van der Waals surface area contributed by atoms with Crippen LogP contribution >= 0.6 is 15.9 Å². The van der Waals surface area contributed by atoms with Crippen molar-refractivity contribution < 1.29 is 0 Å².